The van der Waals surface area contributed by atoms with Gasteiger partial charge in [-0.25, -0.2) is 4.98 Å². The second kappa shape index (κ2) is 9.28. The van der Waals surface area contributed by atoms with Crippen molar-refractivity contribution in [2.24, 2.45) is 11.8 Å². The van der Waals surface area contributed by atoms with Gasteiger partial charge in [0, 0.05) is 10.9 Å². The smallest absolute Gasteiger partial charge is 0.0712 e. The molecule has 3 aromatic carbocycles. The third-order valence-corrected chi connectivity index (χ3v) is 5.97. The summed E-state index contributed by atoms with van der Waals surface area (Å²) in [6, 6.07) is 24.8. The predicted molar refractivity (Wildman–Crippen MR) is 139 cm³/mol. The van der Waals surface area contributed by atoms with E-state index in [9.17, 15) is 0 Å². The van der Waals surface area contributed by atoms with E-state index in [2.05, 4.69) is 108 Å². The first-order valence-electron chi connectivity index (χ1n) is 11.9. The Kier molecular flexibility index (Phi) is 6.46. The zero-order chi connectivity index (χ0) is 22.8. The van der Waals surface area contributed by atoms with Gasteiger partial charge in [0.25, 0.3) is 0 Å². The highest BCUT2D eigenvalue weighted by molar-refractivity contribution is 5.89. The van der Waals surface area contributed by atoms with E-state index < -0.39 is 0 Å². The minimum absolute atomic E-state index is 0.590. The van der Waals surface area contributed by atoms with Gasteiger partial charge >= 0.3 is 0 Å². The molecule has 1 nitrogen and oxygen atoms in total. The first-order chi connectivity index (χ1) is 15.3. The first kappa shape index (κ1) is 22.3. The molecule has 0 spiro atoms. The van der Waals surface area contributed by atoms with Crippen LogP contribution in [0, 0.1) is 25.7 Å². The Balaban J connectivity index is 1.79. The van der Waals surface area contributed by atoms with Crippen LogP contribution in [-0.2, 0) is 12.8 Å². The van der Waals surface area contributed by atoms with E-state index in [1.165, 1.54) is 44.3 Å². The molecule has 1 heterocycles. The minimum Gasteiger partial charge on any atom is -0.248 e. The van der Waals surface area contributed by atoms with Gasteiger partial charge in [-0.15, -0.1) is 0 Å². The van der Waals surface area contributed by atoms with Crippen LogP contribution in [0.2, 0.25) is 0 Å². The molecule has 1 aromatic heterocycles. The molecule has 1 heteroatoms. The van der Waals surface area contributed by atoms with Crippen molar-refractivity contribution in [3.8, 4) is 22.4 Å². The Morgan fingerprint density at radius 1 is 0.625 bits per heavy atom. The van der Waals surface area contributed by atoms with Crippen molar-refractivity contribution in [3.05, 3.63) is 89.0 Å². The van der Waals surface area contributed by atoms with E-state index >= 15 is 0 Å². The quantitative estimate of drug-likeness (QED) is 0.304. The number of pyridine rings is 1. The van der Waals surface area contributed by atoms with Crippen LogP contribution in [0.5, 0.6) is 0 Å². The molecular weight excluding hydrogens is 386 g/mol. The summed E-state index contributed by atoms with van der Waals surface area (Å²) in [5.74, 6) is 1.27. The molecule has 0 fully saturated rings. The van der Waals surface area contributed by atoms with Gasteiger partial charge in [0.05, 0.1) is 11.2 Å². The lowest BCUT2D eigenvalue weighted by molar-refractivity contribution is 0.647. The van der Waals surface area contributed by atoms with Crippen molar-refractivity contribution < 1.29 is 0 Å². The van der Waals surface area contributed by atoms with Crippen molar-refractivity contribution in [3.63, 3.8) is 0 Å². The molecule has 4 aromatic rings. The topological polar surface area (TPSA) is 12.9 Å². The Hall–Kier alpha value is -2.93. The fourth-order valence-electron chi connectivity index (χ4n) is 4.66. The number of hydrogen-bond donors (Lipinski definition) is 0. The molecule has 0 bridgehead atoms. The number of rotatable bonds is 6. The zero-order valence-corrected chi connectivity index (χ0v) is 20.4. The maximum Gasteiger partial charge on any atom is 0.0712 e. The summed E-state index contributed by atoms with van der Waals surface area (Å²) < 4.78 is 0. The maximum absolute atomic E-state index is 5.08. The van der Waals surface area contributed by atoms with Crippen molar-refractivity contribution >= 4 is 10.9 Å². The molecule has 0 atom stereocenters. The van der Waals surface area contributed by atoms with E-state index in [0.717, 1.165) is 24.1 Å². The predicted octanol–water partition coefficient (Wildman–Crippen LogP) is 8.58. The van der Waals surface area contributed by atoms with Gasteiger partial charge in [0.2, 0.25) is 0 Å². The highest BCUT2D eigenvalue weighted by Crippen LogP contribution is 2.31. The normalized spacial score (nSPS) is 11.6. The molecule has 164 valence electrons. The van der Waals surface area contributed by atoms with E-state index in [1.807, 2.05) is 0 Å². The SMILES string of the molecule is Cc1cc(C)cc(-c2cc(CC(C)C)c3cc(-c4ccc(CC(C)C)cc4)ccc3n2)c1. The van der Waals surface area contributed by atoms with Gasteiger partial charge in [-0.05, 0) is 91.1 Å². The van der Waals surface area contributed by atoms with Crippen molar-refractivity contribution in [2.45, 2.75) is 54.4 Å². The van der Waals surface area contributed by atoms with Gasteiger partial charge in [-0.3, -0.25) is 0 Å². The Morgan fingerprint density at radius 3 is 1.88 bits per heavy atom. The van der Waals surface area contributed by atoms with E-state index in [1.54, 1.807) is 0 Å². The van der Waals surface area contributed by atoms with Gasteiger partial charge in [0.15, 0.2) is 0 Å². The maximum atomic E-state index is 5.08. The number of hydrogen-bond acceptors (Lipinski definition) is 1. The summed E-state index contributed by atoms with van der Waals surface area (Å²) >= 11 is 0. The molecule has 0 aliphatic heterocycles. The van der Waals surface area contributed by atoms with Crippen LogP contribution in [0.15, 0.2) is 66.7 Å². The van der Waals surface area contributed by atoms with Crippen molar-refractivity contribution in [1.29, 1.82) is 0 Å². The number of nitrogens with zero attached hydrogens (tertiary/aromatic N) is 1. The summed E-state index contributed by atoms with van der Waals surface area (Å²) in [5, 5.41) is 1.27. The number of aromatic nitrogens is 1. The fraction of sp³-hybridized carbons (Fsp3) is 0.323. The average molecular weight is 422 g/mol. The van der Waals surface area contributed by atoms with E-state index in [0.29, 0.717) is 11.8 Å². The number of fused-ring (bicyclic) bond motifs is 1. The van der Waals surface area contributed by atoms with Gasteiger partial charge < -0.3 is 0 Å². The molecule has 0 aliphatic carbocycles. The Bertz CT molecular complexity index is 1210. The summed E-state index contributed by atoms with van der Waals surface area (Å²) in [4.78, 5) is 5.08. The second-order valence-electron chi connectivity index (χ2n) is 10.2. The minimum atomic E-state index is 0.590. The molecular formula is C31H35N. The fourth-order valence-corrected chi connectivity index (χ4v) is 4.66. The lowest BCUT2D eigenvalue weighted by Crippen LogP contribution is -1.99. The molecule has 0 saturated heterocycles. The Labute approximate surface area is 193 Å². The van der Waals surface area contributed by atoms with Crippen LogP contribution in [0.25, 0.3) is 33.3 Å². The molecule has 0 unspecified atom stereocenters. The Morgan fingerprint density at radius 2 is 1.25 bits per heavy atom. The summed E-state index contributed by atoms with van der Waals surface area (Å²) in [7, 11) is 0. The van der Waals surface area contributed by atoms with Crippen molar-refractivity contribution in [1.82, 2.24) is 4.98 Å². The van der Waals surface area contributed by atoms with Crippen molar-refractivity contribution in [2.75, 3.05) is 0 Å². The molecule has 32 heavy (non-hydrogen) atoms. The van der Waals surface area contributed by atoms with Crippen LogP contribution in [0.1, 0.15) is 49.9 Å². The second-order valence-corrected chi connectivity index (χ2v) is 10.2. The zero-order valence-electron chi connectivity index (χ0n) is 20.4. The van der Waals surface area contributed by atoms with Gasteiger partial charge in [0.1, 0.15) is 0 Å². The van der Waals surface area contributed by atoms with Crippen LogP contribution < -0.4 is 0 Å². The lowest BCUT2D eigenvalue weighted by Gasteiger charge is -2.14. The summed E-state index contributed by atoms with van der Waals surface area (Å²) in [5.41, 5.74) is 11.3. The van der Waals surface area contributed by atoms with E-state index in [-0.39, 0.29) is 0 Å². The molecule has 0 N–H and O–H groups in total. The molecule has 0 radical (unpaired) electrons. The monoisotopic (exact) mass is 421 g/mol. The van der Waals surface area contributed by atoms with Crippen LogP contribution in [0.4, 0.5) is 0 Å². The van der Waals surface area contributed by atoms with Crippen LogP contribution in [-0.4, -0.2) is 4.98 Å². The van der Waals surface area contributed by atoms with Crippen LogP contribution in [0.3, 0.4) is 0 Å². The highest BCUT2D eigenvalue weighted by atomic mass is 14.7. The standard InChI is InChI=1S/C31H35N/c1-20(2)13-24-7-9-25(10-8-24)26-11-12-30-29(18-26)27(14-21(3)4)19-31(32-30)28-16-22(5)15-23(6)17-28/h7-12,15-21H,13-14H2,1-6H3. The summed E-state index contributed by atoms with van der Waals surface area (Å²) in [6.45, 7) is 13.4. The van der Waals surface area contributed by atoms with Crippen LogP contribution >= 0.6 is 0 Å². The van der Waals surface area contributed by atoms with Gasteiger partial charge in [-0.1, -0.05) is 75.2 Å². The molecule has 0 amide bonds. The van der Waals surface area contributed by atoms with Gasteiger partial charge in [-0.2, -0.15) is 0 Å². The largest absolute Gasteiger partial charge is 0.248 e. The third-order valence-electron chi connectivity index (χ3n) is 5.97. The third kappa shape index (κ3) is 5.10. The molecule has 0 saturated carbocycles. The number of aryl methyl sites for hydroxylation is 2. The highest BCUT2D eigenvalue weighted by Gasteiger charge is 2.12. The summed E-state index contributed by atoms with van der Waals surface area (Å²) in [6.07, 6.45) is 2.18. The lowest BCUT2D eigenvalue weighted by atomic mass is 9.93. The first-order valence-corrected chi connectivity index (χ1v) is 11.9. The van der Waals surface area contributed by atoms with E-state index in [4.69, 9.17) is 4.98 Å². The average Bonchev–Trinajstić information content (AvgIpc) is 2.72. The number of benzene rings is 3. The molecule has 4 rings (SSSR count). The molecule has 0 aliphatic rings.